The summed E-state index contributed by atoms with van der Waals surface area (Å²) in [5.74, 6) is 1.29. The number of nitrogens with zero attached hydrogens (tertiary/aromatic N) is 2. The van der Waals surface area contributed by atoms with Crippen molar-refractivity contribution in [1.29, 1.82) is 0 Å². The van der Waals surface area contributed by atoms with Gasteiger partial charge >= 0.3 is 10.4 Å². The van der Waals surface area contributed by atoms with E-state index >= 15 is 0 Å². The van der Waals surface area contributed by atoms with Crippen LogP contribution in [-0.2, 0) is 10.4 Å². The first-order chi connectivity index (χ1) is 11.3. The van der Waals surface area contributed by atoms with E-state index in [4.69, 9.17) is 21.9 Å². The lowest BCUT2D eigenvalue weighted by atomic mass is 10.2. The summed E-state index contributed by atoms with van der Waals surface area (Å²) in [5.41, 5.74) is 2.92. The zero-order chi connectivity index (χ0) is 17.6. The van der Waals surface area contributed by atoms with E-state index < -0.39 is 10.4 Å². The van der Waals surface area contributed by atoms with Crippen LogP contribution in [0.1, 0.15) is 5.56 Å². The van der Waals surface area contributed by atoms with Crippen LogP contribution in [0, 0.1) is 6.92 Å². The summed E-state index contributed by atoms with van der Waals surface area (Å²) < 4.78 is 36.9. The predicted molar refractivity (Wildman–Crippen MR) is 88.4 cm³/mol. The predicted octanol–water partition coefficient (Wildman–Crippen LogP) is 3.14. The van der Waals surface area contributed by atoms with Crippen LogP contribution in [0.15, 0.2) is 59.3 Å². The maximum Gasteiger partial charge on any atom is 0.394 e. The average molecular weight is 349 g/mol. The first kappa shape index (κ1) is 17.6. The van der Waals surface area contributed by atoms with Gasteiger partial charge in [-0.3, -0.25) is 9.11 Å². The zero-order valence-electron chi connectivity index (χ0n) is 12.6. The number of aryl methyl sites for hydroxylation is 1. The molecule has 0 atom stereocenters. The van der Waals surface area contributed by atoms with Gasteiger partial charge in [-0.15, -0.1) is 0 Å². The Balaban J connectivity index is 0.000000368. The van der Waals surface area contributed by atoms with E-state index in [0.717, 1.165) is 17.1 Å². The maximum atomic E-state index is 8.74. The minimum absolute atomic E-state index is 0.555. The molecule has 0 saturated carbocycles. The van der Waals surface area contributed by atoms with Crippen molar-refractivity contribution in [2.45, 2.75) is 6.92 Å². The second kappa shape index (κ2) is 7.68. The highest BCUT2D eigenvalue weighted by atomic mass is 32.3. The normalized spacial score (nSPS) is 10.6. The number of benzene rings is 1. The van der Waals surface area contributed by atoms with Crippen LogP contribution in [-0.4, -0.2) is 27.5 Å². The van der Waals surface area contributed by atoms with Crippen molar-refractivity contribution in [3.05, 3.63) is 60.5 Å². The van der Waals surface area contributed by atoms with Crippen molar-refractivity contribution < 1.29 is 21.9 Å². The van der Waals surface area contributed by atoms with Crippen LogP contribution in [0.2, 0.25) is 0 Å². The summed E-state index contributed by atoms with van der Waals surface area (Å²) in [7, 11) is -4.67. The van der Waals surface area contributed by atoms with E-state index in [9.17, 15) is 0 Å². The Bertz CT molecular complexity index is 887. The van der Waals surface area contributed by atoms with Gasteiger partial charge in [0.2, 0.25) is 5.95 Å². The molecule has 126 valence electrons. The molecule has 9 heteroatoms. The zero-order valence-corrected chi connectivity index (χ0v) is 13.4. The van der Waals surface area contributed by atoms with Gasteiger partial charge in [-0.1, -0.05) is 12.1 Å². The molecule has 0 bridgehead atoms. The summed E-state index contributed by atoms with van der Waals surface area (Å²) in [6, 6.07) is 13.6. The van der Waals surface area contributed by atoms with Crippen molar-refractivity contribution in [2.75, 3.05) is 5.32 Å². The quantitative estimate of drug-likeness (QED) is 0.616. The molecule has 0 unspecified atom stereocenters. The molecule has 1 aromatic carbocycles. The topological polar surface area (TPSA) is 126 Å². The van der Waals surface area contributed by atoms with Crippen molar-refractivity contribution in [3.63, 3.8) is 0 Å². The monoisotopic (exact) mass is 349 g/mol. The fraction of sp³-hybridized carbons (Fsp3) is 0.0667. The van der Waals surface area contributed by atoms with Gasteiger partial charge in [0.15, 0.2) is 5.76 Å². The summed E-state index contributed by atoms with van der Waals surface area (Å²) in [4.78, 5) is 8.63. The largest absolute Gasteiger partial charge is 0.463 e. The standard InChI is InChI=1S/C15H13N3O.H2O4S/c1-11-4-2-5-12(10-11)17-15-16-8-7-13(18-15)14-6-3-9-19-14;1-5(2,3)4/h2-10H,1H3,(H,16,17,18);(H2,1,2,3,4). The molecular weight excluding hydrogens is 334 g/mol. The Kier molecular flexibility index (Phi) is 5.64. The number of aromatic nitrogens is 2. The first-order valence-electron chi connectivity index (χ1n) is 6.72. The second-order valence-corrected chi connectivity index (χ2v) is 5.58. The molecule has 0 spiro atoms. The lowest BCUT2D eigenvalue weighted by Crippen LogP contribution is -1.97. The summed E-state index contributed by atoms with van der Waals surface area (Å²) in [6.45, 7) is 2.05. The number of rotatable bonds is 3. The lowest BCUT2D eigenvalue weighted by molar-refractivity contribution is 0.381. The van der Waals surface area contributed by atoms with E-state index in [1.54, 1.807) is 12.5 Å². The van der Waals surface area contributed by atoms with Crippen LogP contribution in [0.4, 0.5) is 11.6 Å². The van der Waals surface area contributed by atoms with Crippen LogP contribution in [0.5, 0.6) is 0 Å². The average Bonchev–Trinajstić information content (AvgIpc) is 3.00. The Labute approximate surface area is 138 Å². The first-order valence-corrected chi connectivity index (χ1v) is 8.11. The Hall–Kier alpha value is -2.75. The number of anilines is 2. The van der Waals surface area contributed by atoms with Gasteiger partial charge in [-0.2, -0.15) is 8.42 Å². The Morgan fingerprint density at radius 3 is 2.50 bits per heavy atom. The molecule has 2 aromatic heterocycles. The molecule has 24 heavy (non-hydrogen) atoms. The maximum absolute atomic E-state index is 8.74. The molecule has 0 aliphatic rings. The van der Waals surface area contributed by atoms with Crippen LogP contribution >= 0.6 is 0 Å². The van der Waals surface area contributed by atoms with E-state index in [-0.39, 0.29) is 0 Å². The molecule has 0 saturated heterocycles. The van der Waals surface area contributed by atoms with Crippen molar-refractivity contribution in [1.82, 2.24) is 9.97 Å². The van der Waals surface area contributed by atoms with Gasteiger partial charge in [-0.25, -0.2) is 9.97 Å². The van der Waals surface area contributed by atoms with Gasteiger partial charge < -0.3 is 9.73 Å². The molecule has 0 fully saturated rings. The van der Waals surface area contributed by atoms with Crippen molar-refractivity contribution in [3.8, 4) is 11.5 Å². The number of furan rings is 1. The highest BCUT2D eigenvalue weighted by Gasteiger charge is 2.04. The molecule has 3 aromatic rings. The minimum Gasteiger partial charge on any atom is -0.463 e. The third-order valence-corrected chi connectivity index (χ3v) is 2.70. The Morgan fingerprint density at radius 1 is 1.12 bits per heavy atom. The molecule has 3 N–H and O–H groups in total. The fourth-order valence-corrected chi connectivity index (χ4v) is 1.83. The van der Waals surface area contributed by atoms with Crippen LogP contribution in [0.3, 0.4) is 0 Å². The van der Waals surface area contributed by atoms with E-state index in [2.05, 4.69) is 15.3 Å². The van der Waals surface area contributed by atoms with Gasteiger partial charge in [0, 0.05) is 11.9 Å². The van der Waals surface area contributed by atoms with E-state index in [1.807, 2.05) is 49.4 Å². The van der Waals surface area contributed by atoms with Crippen molar-refractivity contribution >= 4 is 22.0 Å². The van der Waals surface area contributed by atoms with Gasteiger partial charge in [0.05, 0.1) is 6.26 Å². The SMILES string of the molecule is Cc1cccc(Nc2nccc(-c3ccco3)n2)c1.O=S(=O)(O)O. The second-order valence-electron chi connectivity index (χ2n) is 4.69. The summed E-state index contributed by atoms with van der Waals surface area (Å²) in [6.07, 6.45) is 3.34. The number of hydrogen-bond acceptors (Lipinski definition) is 6. The molecular formula is C15H15N3O5S. The molecule has 0 aliphatic heterocycles. The highest BCUT2D eigenvalue weighted by Crippen LogP contribution is 2.20. The van der Waals surface area contributed by atoms with Gasteiger partial charge in [0.1, 0.15) is 5.69 Å². The van der Waals surface area contributed by atoms with Crippen LogP contribution in [0.25, 0.3) is 11.5 Å². The highest BCUT2D eigenvalue weighted by molar-refractivity contribution is 7.79. The minimum atomic E-state index is -4.67. The van der Waals surface area contributed by atoms with Gasteiger partial charge in [-0.05, 0) is 42.8 Å². The molecule has 0 aliphatic carbocycles. The number of nitrogens with one attached hydrogen (secondary N) is 1. The third kappa shape index (κ3) is 6.16. The van der Waals surface area contributed by atoms with Crippen LogP contribution < -0.4 is 5.32 Å². The Morgan fingerprint density at radius 2 is 1.88 bits per heavy atom. The van der Waals surface area contributed by atoms with Crippen molar-refractivity contribution in [2.24, 2.45) is 0 Å². The summed E-state index contributed by atoms with van der Waals surface area (Å²) >= 11 is 0. The summed E-state index contributed by atoms with van der Waals surface area (Å²) in [5, 5.41) is 3.18. The molecule has 0 radical (unpaired) electrons. The lowest BCUT2D eigenvalue weighted by Gasteiger charge is -2.06. The van der Waals surface area contributed by atoms with E-state index in [0.29, 0.717) is 5.95 Å². The fourth-order valence-electron chi connectivity index (χ4n) is 1.83. The smallest absolute Gasteiger partial charge is 0.394 e. The molecule has 8 nitrogen and oxygen atoms in total. The molecule has 2 heterocycles. The molecule has 0 amide bonds. The molecule has 3 rings (SSSR count). The van der Waals surface area contributed by atoms with Gasteiger partial charge in [0.25, 0.3) is 0 Å². The third-order valence-electron chi connectivity index (χ3n) is 2.70. The number of hydrogen-bond donors (Lipinski definition) is 3. The van der Waals surface area contributed by atoms with E-state index in [1.165, 1.54) is 5.56 Å².